The standard InChI is InChI=1S/C34H47N5O9S2/c1-19-12-14-23(15-13-19)49(44,45)37-18-28(40)24-9-7-10-25(24)31(41)38-27(32(42)43)11-8-16-36-33(35)39-50(46,47)30-21(3)20(2)29-26(22(30)4)17-34(5,6)48-29/h12-15,24-25,27,37H,7-11,16-18H2,1-6H3,(H,38,41)(H,42,43)(H3,35,36,39)/t24?,25-,27+/m1/s1. The van der Waals surface area contributed by atoms with E-state index in [1.807, 2.05) is 27.7 Å². The molecule has 1 aliphatic heterocycles. The van der Waals surface area contributed by atoms with E-state index in [0.717, 1.165) is 16.7 Å². The van der Waals surface area contributed by atoms with Gasteiger partial charge in [-0.2, -0.15) is 0 Å². The molecule has 0 radical (unpaired) electrons. The van der Waals surface area contributed by atoms with Crippen LogP contribution in [0.25, 0.3) is 0 Å². The topological polar surface area (TPSA) is 223 Å². The summed E-state index contributed by atoms with van der Waals surface area (Å²) >= 11 is 0. The molecule has 1 saturated carbocycles. The summed E-state index contributed by atoms with van der Waals surface area (Å²) in [4.78, 5) is 42.3. The molecule has 0 saturated heterocycles. The molecule has 0 aromatic heterocycles. The highest BCUT2D eigenvalue weighted by Crippen LogP contribution is 2.43. The largest absolute Gasteiger partial charge is 0.487 e. The number of nitrogens with zero attached hydrogens (tertiary/aromatic N) is 1. The monoisotopic (exact) mass is 733 g/mol. The Balaban J connectivity index is 1.32. The van der Waals surface area contributed by atoms with E-state index in [4.69, 9.17) is 10.5 Å². The molecular formula is C34H47N5O9S2. The molecule has 1 amide bonds. The number of hydrogen-bond acceptors (Lipinski definition) is 9. The predicted octanol–water partition coefficient (Wildman–Crippen LogP) is 2.54. The zero-order valence-corrected chi connectivity index (χ0v) is 30.9. The van der Waals surface area contributed by atoms with Crippen molar-refractivity contribution in [2.75, 3.05) is 13.1 Å². The number of fused-ring (bicyclic) bond motifs is 1. The van der Waals surface area contributed by atoms with Gasteiger partial charge in [-0.15, -0.1) is 0 Å². The number of carboxylic acid groups (broad SMARTS) is 1. The molecule has 1 fully saturated rings. The second kappa shape index (κ2) is 15.1. The van der Waals surface area contributed by atoms with Gasteiger partial charge >= 0.3 is 5.97 Å². The van der Waals surface area contributed by atoms with Gasteiger partial charge in [0.15, 0.2) is 5.78 Å². The van der Waals surface area contributed by atoms with E-state index in [9.17, 15) is 36.3 Å². The summed E-state index contributed by atoms with van der Waals surface area (Å²) in [7, 11) is -8.05. The van der Waals surface area contributed by atoms with E-state index >= 15 is 0 Å². The minimum atomic E-state index is -4.11. The highest BCUT2D eigenvalue weighted by molar-refractivity contribution is 7.90. The van der Waals surface area contributed by atoms with Crippen molar-refractivity contribution in [1.82, 2.24) is 14.8 Å². The number of amides is 1. The minimum absolute atomic E-state index is 0.0171. The Morgan fingerprint density at radius 2 is 1.62 bits per heavy atom. The number of aliphatic imine (C=N–C) groups is 1. The van der Waals surface area contributed by atoms with Crippen LogP contribution in [-0.4, -0.2) is 70.3 Å². The Hall–Kier alpha value is -4.02. The third-order valence-electron chi connectivity index (χ3n) is 9.38. The average molecular weight is 734 g/mol. The Kier molecular flexibility index (Phi) is 11.7. The number of aryl methyl sites for hydroxylation is 1. The molecular weight excluding hydrogens is 687 g/mol. The lowest BCUT2D eigenvalue weighted by molar-refractivity contribution is -0.143. The molecule has 2 aromatic rings. The number of guanidine groups is 1. The van der Waals surface area contributed by atoms with Crippen molar-refractivity contribution in [1.29, 1.82) is 0 Å². The van der Waals surface area contributed by atoms with Crippen LogP contribution in [0, 0.1) is 39.5 Å². The fourth-order valence-electron chi connectivity index (χ4n) is 6.66. The van der Waals surface area contributed by atoms with Gasteiger partial charge in [0.05, 0.1) is 16.3 Å². The van der Waals surface area contributed by atoms with Gasteiger partial charge in [0.25, 0.3) is 10.0 Å². The average Bonchev–Trinajstić information content (AvgIpc) is 3.65. The number of hydrogen-bond donors (Lipinski definition) is 5. The smallest absolute Gasteiger partial charge is 0.326 e. The van der Waals surface area contributed by atoms with Crippen molar-refractivity contribution in [3.05, 3.63) is 52.1 Å². The van der Waals surface area contributed by atoms with Crippen LogP contribution >= 0.6 is 0 Å². The molecule has 6 N–H and O–H groups in total. The molecule has 1 heterocycles. The molecule has 2 aliphatic rings. The number of ketones is 1. The van der Waals surface area contributed by atoms with Gasteiger partial charge in [0.2, 0.25) is 21.9 Å². The maximum Gasteiger partial charge on any atom is 0.326 e. The number of nitrogens with one attached hydrogen (secondary N) is 3. The fraction of sp³-hybridized carbons (Fsp3) is 0.529. The molecule has 0 bridgehead atoms. The summed E-state index contributed by atoms with van der Waals surface area (Å²) < 4.78 is 62.8. The Morgan fingerprint density at radius 1 is 0.980 bits per heavy atom. The third-order valence-corrected chi connectivity index (χ3v) is 12.4. The first kappa shape index (κ1) is 38.8. The molecule has 1 aliphatic carbocycles. The fourth-order valence-corrected chi connectivity index (χ4v) is 9.17. The van der Waals surface area contributed by atoms with Crippen LogP contribution in [0.3, 0.4) is 0 Å². The molecule has 4 rings (SSSR count). The minimum Gasteiger partial charge on any atom is -0.487 e. The van der Waals surface area contributed by atoms with Crippen LogP contribution in [0.15, 0.2) is 39.0 Å². The number of Topliss-reactive ketones (excluding diaryl/α,β-unsaturated/α-hetero) is 1. The molecule has 14 nitrogen and oxygen atoms in total. The highest BCUT2D eigenvalue weighted by atomic mass is 32.2. The van der Waals surface area contributed by atoms with Crippen LogP contribution in [0.4, 0.5) is 0 Å². The maximum atomic E-state index is 13.4. The Bertz CT molecular complexity index is 1910. The number of benzene rings is 2. The number of carbonyl (C=O) groups is 3. The summed E-state index contributed by atoms with van der Waals surface area (Å²) in [5.74, 6) is -3.56. The second-order valence-electron chi connectivity index (χ2n) is 13.7. The zero-order valence-electron chi connectivity index (χ0n) is 29.3. The van der Waals surface area contributed by atoms with Crippen molar-refractivity contribution < 1.29 is 41.1 Å². The molecule has 0 spiro atoms. The first-order chi connectivity index (χ1) is 23.2. The number of nitrogens with two attached hydrogens (primary N) is 1. The summed E-state index contributed by atoms with van der Waals surface area (Å²) in [5, 5.41) is 12.3. The Labute approximate surface area is 293 Å². The van der Waals surface area contributed by atoms with Crippen LogP contribution in [0.1, 0.15) is 73.8 Å². The first-order valence-corrected chi connectivity index (χ1v) is 19.5. The highest BCUT2D eigenvalue weighted by Gasteiger charge is 2.39. The summed E-state index contributed by atoms with van der Waals surface area (Å²) in [6.45, 7) is 10.4. The van der Waals surface area contributed by atoms with Crippen LogP contribution in [0.5, 0.6) is 5.75 Å². The SMILES string of the molecule is Cc1ccc(S(=O)(=O)NCC(=O)C2CCC[C@H]2C(=O)N[C@@H](CCCN=C(N)NS(=O)(=O)c2c(C)c(C)c3c(c2C)CC(C)(C)O3)C(=O)O)cc1. The molecule has 16 heteroatoms. The van der Waals surface area contributed by atoms with Crippen LogP contribution in [-0.2, 0) is 40.9 Å². The molecule has 2 aromatic carbocycles. The van der Waals surface area contributed by atoms with E-state index in [1.165, 1.54) is 12.1 Å². The molecule has 50 heavy (non-hydrogen) atoms. The third kappa shape index (κ3) is 8.82. The summed E-state index contributed by atoms with van der Waals surface area (Å²) in [5.41, 5.74) is 9.02. The Morgan fingerprint density at radius 3 is 2.26 bits per heavy atom. The van der Waals surface area contributed by atoms with E-state index in [1.54, 1.807) is 26.0 Å². The molecule has 274 valence electrons. The molecule has 1 unspecified atom stereocenters. The van der Waals surface area contributed by atoms with Crippen molar-refractivity contribution in [3.8, 4) is 5.75 Å². The molecule has 3 atom stereocenters. The second-order valence-corrected chi connectivity index (χ2v) is 17.1. The lowest BCUT2D eigenvalue weighted by atomic mass is 9.90. The number of ether oxygens (including phenoxy) is 1. The van der Waals surface area contributed by atoms with Crippen LogP contribution < -0.4 is 25.2 Å². The number of rotatable bonds is 14. The van der Waals surface area contributed by atoms with E-state index in [0.29, 0.717) is 42.6 Å². The van der Waals surface area contributed by atoms with Crippen molar-refractivity contribution in [2.45, 2.75) is 102 Å². The van der Waals surface area contributed by atoms with E-state index < -0.39 is 67.7 Å². The van der Waals surface area contributed by atoms with Gasteiger partial charge in [-0.05, 0) is 96.0 Å². The zero-order chi connectivity index (χ0) is 37.2. The van der Waals surface area contributed by atoms with Crippen molar-refractivity contribution in [3.63, 3.8) is 0 Å². The van der Waals surface area contributed by atoms with Gasteiger partial charge in [0.1, 0.15) is 17.4 Å². The lowest BCUT2D eigenvalue weighted by Crippen LogP contribution is -2.46. The first-order valence-electron chi connectivity index (χ1n) is 16.5. The van der Waals surface area contributed by atoms with Crippen molar-refractivity contribution >= 4 is 43.7 Å². The number of carbonyl (C=O) groups excluding carboxylic acids is 2. The summed E-state index contributed by atoms with van der Waals surface area (Å²) in [6.07, 6.45) is 1.95. The van der Waals surface area contributed by atoms with Crippen molar-refractivity contribution in [2.24, 2.45) is 22.6 Å². The predicted molar refractivity (Wildman–Crippen MR) is 187 cm³/mol. The maximum absolute atomic E-state index is 13.4. The number of aliphatic carboxylic acids is 1. The van der Waals surface area contributed by atoms with Gasteiger partial charge in [-0.3, -0.25) is 14.6 Å². The van der Waals surface area contributed by atoms with E-state index in [-0.39, 0.29) is 35.1 Å². The summed E-state index contributed by atoms with van der Waals surface area (Å²) in [6, 6.07) is 4.87. The van der Waals surface area contributed by atoms with Crippen LogP contribution in [0.2, 0.25) is 0 Å². The van der Waals surface area contributed by atoms with Gasteiger partial charge in [0, 0.05) is 30.4 Å². The number of sulfonamides is 2. The number of carboxylic acids is 1. The van der Waals surface area contributed by atoms with E-state index in [2.05, 4.69) is 19.8 Å². The quantitative estimate of drug-likeness (QED) is 0.108. The van der Waals surface area contributed by atoms with Gasteiger partial charge < -0.3 is 20.9 Å². The lowest BCUT2D eigenvalue weighted by Gasteiger charge is -2.21. The van der Waals surface area contributed by atoms with Gasteiger partial charge in [-0.1, -0.05) is 24.1 Å². The van der Waals surface area contributed by atoms with Gasteiger partial charge in [-0.25, -0.2) is 31.1 Å². The normalized spacial score (nSPS) is 19.4.